The lowest BCUT2D eigenvalue weighted by Gasteiger charge is -2.36. The first-order chi connectivity index (χ1) is 12.0. The van der Waals surface area contributed by atoms with Gasteiger partial charge < -0.3 is 10.2 Å². The molecule has 1 aliphatic rings. The molecule has 1 N–H and O–H groups in total. The Morgan fingerprint density at radius 3 is 2.56 bits per heavy atom. The molecule has 0 aromatic heterocycles. The number of anilines is 1. The van der Waals surface area contributed by atoms with Crippen LogP contribution in [-0.2, 0) is 6.54 Å². The number of rotatable bonds is 3. The van der Waals surface area contributed by atoms with Crippen molar-refractivity contribution in [3.63, 3.8) is 0 Å². The standard InChI is InChI=1S/C19H21BrClN3S/c1-14-4-2-3-5-15(14)13-23-8-10-24(11-9-23)19(25)22-18-7-6-16(20)12-17(18)21/h2-7,12H,8-11,13H2,1H3,(H,22,25). The normalized spacial score (nSPS) is 15.2. The topological polar surface area (TPSA) is 18.5 Å². The smallest absolute Gasteiger partial charge is 0.173 e. The average molecular weight is 439 g/mol. The molecule has 3 nitrogen and oxygen atoms in total. The van der Waals surface area contributed by atoms with Crippen LogP contribution in [0.2, 0.25) is 5.02 Å². The summed E-state index contributed by atoms with van der Waals surface area (Å²) < 4.78 is 0.957. The fourth-order valence-electron chi connectivity index (χ4n) is 2.92. The highest BCUT2D eigenvalue weighted by atomic mass is 79.9. The van der Waals surface area contributed by atoms with Crippen LogP contribution in [0.3, 0.4) is 0 Å². The number of benzene rings is 2. The third-order valence-corrected chi connectivity index (χ3v) is 5.65. The van der Waals surface area contributed by atoms with E-state index in [2.05, 4.69) is 62.2 Å². The Bertz CT molecular complexity index is 760. The summed E-state index contributed by atoms with van der Waals surface area (Å²) in [5, 5.41) is 4.66. The number of piperazine rings is 1. The molecule has 1 aliphatic heterocycles. The Morgan fingerprint density at radius 1 is 1.16 bits per heavy atom. The van der Waals surface area contributed by atoms with Crippen LogP contribution in [0, 0.1) is 6.92 Å². The molecule has 0 unspecified atom stereocenters. The van der Waals surface area contributed by atoms with Gasteiger partial charge in [0.15, 0.2) is 5.11 Å². The number of halogens is 2. The minimum atomic E-state index is 0.662. The van der Waals surface area contributed by atoms with E-state index in [1.165, 1.54) is 11.1 Å². The molecule has 0 atom stereocenters. The predicted molar refractivity (Wildman–Crippen MR) is 113 cm³/mol. The van der Waals surface area contributed by atoms with Gasteiger partial charge in [-0.1, -0.05) is 51.8 Å². The van der Waals surface area contributed by atoms with Crippen LogP contribution in [0.25, 0.3) is 0 Å². The third kappa shape index (κ3) is 4.94. The van der Waals surface area contributed by atoms with Crippen LogP contribution >= 0.6 is 39.7 Å². The van der Waals surface area contributed by atoms with Crippen molar-refractivity contribution < 1.29 is 0 Å². The summed E-state index contributed by atoms with van der Waals surface area (Å²) >= 11 is 15.2. The first-order valence-electron chi connectivity index (χ1n) is 8.31. The molecular weight excluding hydrogens is 418 g/mol. The maximum absolute atomic E-state index is 6.26. The third-order valence-electron chi connectivity index (χ3n) is 4.49. The second-order valence-corrected chi connectivity index (χ2v) is 7.95. The van der Waals surface area contributed by atoms with Gasteiger partial charge in [0, 0.05) is 37.2 Å². The molecule has 6 heteroatoms. The van der Waals surface area contributed by atoms with E-state index in [-0.39, 0.29) is 0 Å². The summed E-state index contributed by atoms with van der Waals surface area (Å²) in [5.74, 6) is 0. The zero-order valence-corrected chi connectivity index (χ0v) is 17.3. The predicted octanol–water partition coefficient (Wildman–Crippen LogP) is 4.93. The molecule has 1 saturated heterocycles. The van der Waals surface area contributed by atoms with Gasteiger partial charge in [0.05, 0.1) is 10.7 Å². The van der Waals surface area contributed by atoms with Gasteiger partial charge in [0.2, 0.25) is 0 Å². The van der Waals surface area contributed by atoms with Crippen molar-refractivity contribution in [3.05, 3.63) is 63.1 Å². The Kier molecular flexibility index (Phi) is 6.34. The van der Waals surface area contributed by atoms with Crippen LogP contribution in [0.4, 0.5) is 5.69 Å². The molecule has 2 aromatic rings. The summed E-state index contributed by atoms with van der Waals surface area (Å²) in [6.07, 6.45) is 0. The maximum Gasteiger partial charge on any atom is 0.173 e. The molecule has 1 fully saturated rings. The fourth-order valence-corrected chi connectivity index (χ4v) is 3.94. The van der Waals surface area contributed by atoms with Gasteiger partial charge in [0.25, 0.3) is 0 Å². The van der Waals surface area contributed by atoms with Gasteiger partial charge in [-0.2, -0.15) is 0 Å². The van der Waals surface area contributed by atoms with E-state index >= 15 is 0 Å². The van der Waals surface area contributed by atoms with Crippen molar-refractivity contribution in [1.82, 2.24) is 9.80 Å². The lowest BCUT2D eigenvalue weighted by molar-refractivity contribution is 0.176. The Labute approximate surface area is 168 Å². The highest BCUT2D eigenvalue weighted by Crippen LogP contribution is 2.26. The van der Waals surface area contributed by atoms with Gasteiger partial charge in [-0.15, -0.1) is 0 Å². The number of nitrogens with one attached hydrogen (secondary N) is 1. The van der Waals surface area contributed by atoms with Gasteiger partial charge >= 0.3 is 0 Å². The van der Waals surface area contributed by atoms with Crippen molar-refractivity contribution in [2.75, 3.05) is 31.5 Å². The second-order valence-electron chi connectivity index (χ2n) is 6.24. The van der Waals surface area contributed by atoms with E-state index in [1.54, 1.807) is 0 Å². The van der Waals surface area contributed by atoms with Crippen LogP contribution < -0.4 is 5.32 Å². The zero-order valence-electron chi connectivity index (χ0n) is 14.1. The van der Waals surface area contributed by atoms with E-state index < -0.39 is 0 Å². The molecular formula is C19H21BrClN3S. The quantitative estimate of drug-likeness (QED) is 0.685. The fraction of sp³-hybridized carbons (Fsp3) is 0.316. The van der Waals surface area contributed by atoms with Crippen LogP contribution in [0.5, 0.6) is 0 Å². The van der Waals surface area contributed by atoms with E-state index in [9.17, 15) is 0 Å². The summed E-state index contributed by atoms with van der Waals surface area (Å²) in [6.45, 7) is 7.03. The number of aryl methyl sites for hydroxylation is 1. The van der Waals surface area contributed by atoms with Crippen LogP contribution in [0.15, 0.2) is 46.9 Å². The summed E-state index contributed by atoms with van der Waals surface area (Å²) in [5.41, 5.74) is 3.60. The van der Waals surface area contributed by atoms with Crippen molar-refractivity contribution in [2.24, 2.45) is 0 Å². The number of hydrogen-bond acceptors (Lipinski definition) is 2. The molecule has 0 amide bonds. The van der Waals surface area contributed by atoms with Crippen LogP contribution in [0.1, 0.15) is 11.1 Å². The molecule has 0 radical (unpaired) electrons. The molecule has 3 rings (SSSR count). The zero-order chi connectivity index (χ0) is 17.8. The minimum absolute atomic E-state index is 0.662. The van der Waals surface area contributed by atoms with Crippen LogP contribution in [-0.4, -0.2) is 41.1 Å². The molecule has 0 aliphatic carbocycles. The number of hydrogen-bond donors (Lipinski definition) is 1. The summed E-state index contributed by atoms with van der Waals surface area (Å²) in [4.78, 5) is 4.69. The van der Waals surface area contributed by atoms with Crippen molar-refractivity contribution in [3.8, 4) is 0 Å². The van der Waals surface area contributed by atoms with Gasteiger partial charge in [-0.25, -0.2) is 0 Å². The highest BCUT2D eigenvalue weighted by molar-refractivity contribution is 9.10. The number of nitrogens with zero attached hydrogens (tertiary/aromatic N) is 2. The Morgan fingerprint density at radius 2 is 1.88 bits per heavy atom. The summed E-state index contributed by atoms with van der Waals surface area (Å²) in [6, 6.07) is 14.3. The van der Waals surface area contributed by atoms with E-state index in [0.29, 0.717) is 5.02 Å². The van der Waals surface area contributed by atoms with E-state index in [0.717, 1.165) is 48.0 Å². The first kappa shape index (κ1) is 18.6. The Balaban J connectivity index is 1.53. The molecule has 0 saturated carbocycles. The maximum atomic E-state index is 6.26. The molecule has 0 bridgehead atoms. The highest BCUT2D eigenvalue weighted by Gasteiger charge is 2.19. The largest absolute Gasteiger partial charge is 0.346 e. The lowest BCUT2D eigenvalue weighted by Crippen LogP contribution is -2.49. The Hall–Kier alpha value is -1.14. The van der Waals surface area contributed by atoms with Crippen molar-refractivity contribution >= 4 is 50.5 Å². The molecule has 25 heavy (non-hydrogen) atoms. The van der Waals surface area contributed by atoms with Crippen molar-refractivity contribution in [1.29, 1.82) is 0 Å². The number of thiocarbonyl (C=S) groups is 1. The summed E-state index contributed by atoms with van der Waals surface area (Å²) in [7, 11) is 0. The van der Waals surface area contributed by atoms with Gasteiger partial charge in [-0.3, -0.25) is 4.90 Å². The second kappa shape index (κ2) is 8.49. The lowest BCUT2D eigenvalue weighted by atomic mass is 10.1. The van der Waals surface area contributed by atoms with Gasteiger partial charge in [-0.05, 0) is 48.5 Å². The SMILES string of the molecule is Cc1ccccc1CN1CCN(C(=S)Nc2ccc(Br)cc2Cl)CC1. The molecule has 132 valence electrons. The average Bonchev–Trinajstić information content (AvgIpc) is 2.60. The van der Waals surface area contributed by atoms with Crippen molar-refractivity contribution in [2.45, 2.75) is 13.5 Å². The molecule has 2 aromatic carbocycles. The molecule has 1 heterocycles. The van der Waals surface area contributed by atoms with E-state index in [4.69, 9.17) is 23.8 Å². The molecule has 0 spiro atoms. The van der Waals surface area contributed by atoms with E-state index in [1.807, 2.05) is 18.2 Å². The van der Waals surface area contributed by atoms with Gasteiger partial charge in [0.1, 0.15) is 0 Å². The monoisotopic (exact) mass is 437 g/mol. The first-order valence-corrected chi connectivity index (χ1v) is 9.88. The minimum Gasteiger partial charge on any atom is -0.346 e.